The number of nitrogens with one attached hydrogen (secondary N) is 1. The zero-order valence-electron chi connectivity index (χ0n) is 27.7. The number of unbranched alkanes of at least 4 members (excludes halogenated alkanes) is 8. The van der Waals surface area contributed by atoms with Gasteiger partial charge in [-0.05, 0) is 55.6 Å². The molecule has 9 heteroatoms. The Morgan fingerprint density at radius 2 is 1.61 bits per heavy atom. The van der Waals surface area contributed by atoms with Gasteiger partial charge in [0.15, 0.2) is 0 Å². The first-order chi connectivity index (χ1) is 21.1. The lowest BCUT2D eigenvalue weighted by Crippen LogP contribution is -2.38. The fourth-order valence-electron chi connectivity index (χ4n) is 5.27. The van der Waals surface area contributed by atoms with Gasteiger partial charge >= 0.3 is 0 Å². The van der Waals surface area contributed by atoms with Gasteiger partial charge in [-0.15, -0.1) is 11.3 Å². The molecule has 3 amide bonds. The smallest absolute Gasteiger partial charge is 0.223 e. The quantitative estimate of drug-likeness (QED) is 0.162. The van der Waals surface area contributed by atoms with Crippen molar-refractivity contribution in [2.75, 3.05) is 13.6 Å². The van der Waals surface area contributed by atoms with E-state index >= 15 is 0 Å². The van der Waals surface area contributed by atoms with Gasteiger partial charge in [0.1, 0.15) is 6.29 Å². The lowest BCUT2D eigenvalue weighted by Gasteiger charge is -2.28. The van der Waals surface area contributed by atoms with Gasteiger partial charge < -0.3 is 20.7 Å². The number of amides is 3. The summed E-state index contributed by atoms with van der Waals surface area (Å²) in [6.45, 7) is 9.37. The molecule has 0 spiro atoms. The lowest BCUT2D eigenvalue weighted by molar-refractivity contribution is -0.134. The maximum Gasteiger partial charge on any atom is 0.223 e. The molecule has 1 saturated heterocycles. The van der Waals surface area contributed by atoms with Gasteiger partial charge in [0.05, 0.1) is 16.1 Å². The van der Waals surface area contributed by atoms with E-state index < -0.39 is 0 Å². The minimum absolute atomic E-state index is 0.0540. The summed E-state index contributed by atoms with van der Waals surface area (Å²) in [4.78, 5) is 49.9. The van der Waals surface area contributed by atoms with Gasteiger partial charge in [0, 0.05) is 38.9 Å². The van der Waals surface area contributed by atoms with Crippen LogP contribution in [0.25, 0.3) is 10.4 Å². The van der Waals surface area contributed by atoms with E-state index in [0.717, 1.165) is 57.0 Å². The monoisotopic (exact) mass is 628 g/mol. The van der Waals surface area contributed by atoms with E-state index in [-0.39, 0.29) is 17.7 Å². The number of aryl methyl sites for hydroxylation is 1. The summed E-state index contributed by atoms with van der Waals surface area (Å²) in [6.07, 6.45) is 15.8. The average Bonchev–Trinajstić information content (AvgIpc) is 3.63. The maximum atomic E-state index is 12.6. The molecule has 8 nitrogen and oxygen atoms in total. The molecule has 1 aromatic heterocycles. The van der Waals surface area contributed by atoms with Crippen molar-refractivity contribution in [1.82, 2.24) is 15.2 Å². The fourth-order valence-corrected chi connectivity index (χ4v) is 6.09. The van der Waals surface area contributed by atoms with Gasteiger partial charge in [-0.3, -0.25) is 14.4 Å². The highest BCUT2D eigenvalue weighted by molar-refractivity contribution is 7.13. The summed E-state index contributed by atoms with van der Waals surface area (Å²) >= 11 is 1.69. The molecule has 3 rings (SSSR count). The molecule has 0 radical (unpaired) electrons. The Bertz CT molecular complexity index is 1090. The second-order valence-corrected chi connectivity index (χ2v) is 13.5. The Balaban J connectivity index is 0.000000441. The van der Waals surface area contributed by atoms with Crippen LogP contribution < -0.4 is 11.1 Å². The van der Waals surface area contributed by atoms with Crippen LogP contribution in [-0.2, 0) is 25.6 Å². The number of aromatic nitrogens is 1. The van der Waals surface area contributed by atoms with Crippen LogP contribution in [0.2, 0.25) is 0 Å². The number of hydrogen-bond donors (Lipinski definition) is 2. The Hall–Kier alpha value is -3.07. The van der Waals surface area contributed by atoms with E-state index in [2.05, 4.69) is 72.9 Å². The predicted molar refractivity (Wildman–Crippen MR) is 181 cm³/mol. The standard InChI is InChI=1S/C21H28N2OS.C13H25NO2.CH3NO/c1-15-20(25-14-22-15)17-9-7-16(8-10-17)12-18-6-5-11-23(18)19(24)13-21(2,3)4;1-14-13(16)11-9-7-5-3-2-4-6-8-10-12-15;2-1-3/h7-10,14,18H,5-6,11-13H2,1-4H3;12H,2-11H2,1H3,(H,14,16);1H,(H2,2,3). The molecule has 1 aliphatic heterocycles. The van der Waals surface area contributed by atoms with Crippen molar-refractivity contribution in [2.45, 2.75) is 124 Å². The van der Waals surface area contributed by atoms with E-state index in [1.807, 2.05) is 5.51 Å². The average molecular weight is 629 g/mol. The minimum Gasteiger partial charge on any atom is -0.372 e. The highest BCUT2D eigenvalue weighted by Crippen LogP contribution is 2.29. The molecule has 0 saturated carbocycles. The van der Waals surface area contributed by atoms with E-state index in [0.29, 0.717) is 31.2 Å². The number of hydrogen-bond acceptors (Lipinski definition) is 6. The van der Waals surface area contributed by atoms with E-state index in [1.165, 1.54) is 48.1 Å². The van der Waals surface area contributed by atoms with E-state index in [4.69, 9.17) is 4.79 Å². The highest BCUT2D eigenvalue weighted by Gasteiger charge is 2.30. The molecule has 44 heavy (non-hydrogen) atoms. The maximum absolute atomic E-state index is 12.6. The van der Waals surface area contributed by atoms with Crippen molar-refractivity contribution in [3.8, 4) is 10.4 Å². The number of aldehydes is 1. The summed E-state index contributed by atoms with van der Waals surface area (Å²) in [7, 11) is 1.68. The second kappa shape index (κ2) is 22.4. The number of likely N-dealkylation sites (tertiary alicyclic amines) is 1. The van der Waals surface area contributed by atoms with Gasteiger partial charge in [0.2, 0.25) is 18.2 Å². The molecular weight excluding hydrogens is 572 g/mol. The number of carbonyl (C=O) groups is 4. The molecule has 1 fully saturated rings. The molecule has 1 aliphatic rings. The predicted octanol–water partition coefficient (Wildman–Crippen LogP) is 7.02. The topological polar surface area (TPSA) is 122 Å². The van der Waals surface area contributed by atoms with Crippen LogP contribution in [0, 0.1) is 12.3 Å². The van der Waals surface area contributed by atoms with Crippen LogP contribution in [0.5, 0.6) is 0 Å². The van der Waals surface area contributed by atoms with E-state index in [9.17, 15) is 14.4 Å². The molecule has 0 bridgehead atoms. The van der Waals surface area contributed by atoms with Crippen molar-refractivity contribution in [3.63, 3.8) is 0 Å². The molecule has 2 heterocycles. The van der Waals surface area contributed by atoms with Crippen LogP contribution in [-0.4, -0.2) is 54.0 Å². The number of benzene rings is 1. The summed E-state index contributed by atoms with van der Waals surface area (Å²) in [5.41, 5.74) is 9.75. The van der Waals surface area contributed by atoms with Crippen molar-refractivity contribution in [2.24, 2.45) is 11.1 Å². The number of primary amides is 1. The SMILES string of the molecule is CNC(=O)CCCCCCCCCCC=O.Cc1ncsc1-c1ccc(CC2CCCN2C(=O)CC(C)(C)C)cc1.NC=O. The number of carbonyl (C=O) groups excluding carboxylic acids is 4. The first-order valence-electron chi connectivity index (χ1n) is 16.1. The summed E-state index contributed by atoms with van der Waals surface area (Å²) in [5, 5.41) is 2.63. The summed E-state index contributed by atoms with van der Waals surface area (Å²) < 4.78 is 0. The Morgan fingerprint density at radius 3 is 2.14 bits per heavy atom. The number of rotatable bonds is 15. The fraction of sp³-hybridized carbons (Fsp3) is 0.629. The zero-order chi connectivity index (χ0) is 32.8. The summed E-state index contributed by atoms with van der Waals surface area (Å²) in [6, 6.07) is 9.14. The Morgan fingerprint density at radius 1 is 1.02 bits per heavy atom. The molecule has 1 unspecified atom stereocenters. The minimum atomic E-state index is 0.0540. The van der Waals surface area contributed by atoms with Gasteiger partial charge in [-0.25, -0.2) is 4.98 Å². The van der Waals surface area contributed by atoms with E-state index in [1.54, 1.807) is 18.4 Å². The van der Waals surface area contributed by atoms with Crippen LogP contribution in [0.1, 0.15) is 115 Å². The lowest BCUT2D eigenvalue weighted by atomic mass is 9.91. The third-order valence-corrected chi connectivity index (χ3v) is 8.54. The molecular formula is C35H56N4O4S. The van der Waals surface area contributed by atoms with Crippen LogP contribution >= 0.6 is 11.3 Å². The largest absolute Gasteiger partial charge is 0.372 e. The first kappa shape index (κ1) is 39.0. The van der Waals surface area contributed by atoms with Gasteiger partial charge in [-0.1, -0.05) is 83.6 Å². The van der Waals surface area contributed by atoms with Crippen molar-refractivity contribution >= 4 is 35.8 Å². The molecule has 1 atom stereocenters. The molecule has 1 aromatic carbocycles. The molecule has 3 N–H and O–H groups in total. The zero-order valence-corrected chi connectivity index (χ0v) is 28.6. The number of nitrogens with two attached hydrogens (primary N) is 1. The normalized spacial score (nSPS) is 14.1. The Labute approximate surface area is 269 Å². The Kier molecular flexibility index (Phi) is 19.9. The summed E-state index contributed by atoms with van der Waals surface area (Å²) in [5.74, 6) is 0.459. The van der Waals surface area contributed by atoms with Crippen molar-refractivity contribution in [3.05, 3.63) is 41.0 Å². The third kappa shape index (κ3) is 16.7. The molecule has 0 aliphatic carbocycles. The van der Waals surface area contributed by atoms with Crippen molar-refractivity contribution < 1.29 is 19.2 Å². The van der Waals surface area contributed by atoms with Crippen LogP contribution in [0.15, 0.2) is 29.8 Å². The molecule has 246 valence electrons. The van der Waals surface area contributed by atoms with Gasteiger partial charge in [-0.2, -0.15) is 0 Å². The second-order valence-electron chi connectivity index (χ2n) is 12.6. The van der Waals surface area contributed by atoms with Crippen molar-refractivity contribution in [1.29, 1.82) is 0 Å². The van der Waals surface area contributed by atoms with Crippen LogP contribution in [0.4, 0.5) is 0 Å². The van der Waals surface area contributed by atoms with Gasteiger partial charge in [0.25, 0.3) is 0 Å². The number of thiazole rings is 1. The van der Waals surface area contributed by atoms with Crippen LogP contribution in [0.3, 0.4) is 0 Å². The third-order valence-electron chi connectivity index (χ3n) is 7.57. The number of nitrogens with zero attached hydrogens (tertiary/aromatic N) is 2. The first-order valence-corrected chi connectivity index (χ1v) is 17.0. The molecule has 2 aromatic rings. The highest BCUT2D eigenvalue weighted by atomic mass is 32.1.